The third-order valence-corrected chi connectivity index (χ3v) is 3.53. The van der Waals surface area contributed by atoms with Crippen molar-refractivity contribution >= 4 is 11.0 Å². The van der Waals surface area contributed by atoms with E-state index in [1.807, 2.05) is 10.7 Å². The van der Waals surface area contributed by atoms with E-state index >= 15 is 0 Å². The van der Waals surface area contributed by atoms with Crippen LogP contribution in [-0.4, -0.2) is 19.7 Å². The van der Waals surface area contributed by atoms with Gasteiger partial charge in [0.2, 0.25) is 0 Å². The number of aryl methyl sites for hydroxylation is 3. The molecule has 0 radical (unpaired) electrons. The highest BCUT2D eigenvalue weighted by molar-refractivity contribution is 5.82. The molecule has 102 valence electrons. The van der Waals surface area contributed by atoms with Crippen molar-refractivity contribution in [3.63, 3.8) is 0 Å². The lowest BCUT2D eigenvalue weighted by Crippen LogP contribution is -1.99. The van der Waals surface area contributed by atoms with Crippen molar-refractivity contribution in [1.29, 1.82) is 0 Å². The van der Waals surface area contributed by atoms with E-state index in [2.05, 4.69) is 48.9 Å². The molecule has 0 saturated heterocycles. The first-order chi connectivity index (χ1) is 9.74. The molecule has 4 heteroatoms. The van der Waals surface area contributed by atoms with Gasteiger partial charge in [0.15, 0.2) is 5.65 Å². The first-order valence-electron chi connectivity index (χ1n) is 7.03. The molecule has 0 aliphatic rings. The van der Waals surface area contributed by atoms with E-state index in [1.165, 1.54) is 5.56 Å². The van der Waals surface area contributed by atoms with Crippen LogP contribution in [0, 0.1) is 6.92 Å². The van der Waals surface area contributed by atoms with E-state index in [0.717, 1.165) is 41.0 Å². The lowest BCUT2D eigenvalue weighted by atomic mass is 10.1. The highest BCUT2D eigenvalue weighted by Gasteiger charge is 2.15. The summed E-state index contributed by atoms with van der Waals surface area (Å²) < 4.78 is 1.93. The van der Waals surface area contributed by atoms with Gasteiger partial charge in [-0.05, 0) is 37.5 Å². The van der Waals surface area contributed by atoms with Crippen molar-refractivity contribution < 1.29 is 0 Å². The first kappa shape index (κ1) is 12.8. The van der Waals surface area contributed by atoms with Gasteiger partial charge in [-0.3, -0.25) is 0 Å². The Hall–Kier alpha value is -2.23. The van der Waals surface area contributed by atoms with Crippen molar-refractivity contribution in [1.82, 2.24) is 19.7 Å². The van der Waals surface area contributed by atoms with Crippen LogP contribution in [0.3, 0.4) is 0 Å². The minimum Gasteiger partial charge on any atom is -0.241 e. The lowest BCUT2D eigenvalue weighted by Gasteiger charge is -2.04. The van der Waals surface area contributed by atoms with Crippen molar-refractivity contribution in [2.75, 3.05) is 0 Å². The third kappa shape index (κ3) is 1.97. The minimum atomic E-state index is 0.885. The molecular weight excluding hydrogens is 248 g/mol. The molecule has 0 amide bonds. The van der Waals surface area contributed by atoms with Crippen molar-refractivity contribution in [2.45, 2.75) is 33.6 Å². The summed E-state index contributed by atoms with van der Waals surface area (Å²) in [6, 6.07) is 8.32. The molecule has 0 atom stereocenters. The molecule has 1 aromatic carbocycles. The molecule has 0 bridgehead atoms. The molecule has 0 aliphatic carbocycles. The van der Waals surface area contributed by atoms with Crippen LogP contribution in [0.5, 0.6) is 0 Å². The van der Waals surface area contributed by atoms with Gasteiger partial charge in [-0.1, -0.05) is 26.0 Å². The molecule has 4 nitrogen and oxygen atoms in total. The molecule has 0 aliphatic heterocycles. The summed E-state index contributed by atoms with van der Waals surface area (Å²) in [5.41, 5.74) is 5.31. The van der Waals surface area contributed by atoms with Gasteiger partial charge < -0.3 is 0 Å². The van der Waals surface area contributed by atoms with Crippen molar-refractivity contribution in [2.24, 2.45) is 0 Å². The first-order valence-corrected chi connectivity index (χ1v) is 7.03. The maximum absolute atomic E-state index is 4.74. The standard InChI is InChI=1S/C16H18N4/c1-4-13-15-14(5-2)19-20(16(15)18-10-17-13)12-8-6-7-11(3)9-12/h6-10H,4-5H2,1-3H3. The number of hydrogen-bond donors (Lipinski definition) is 0. The van der Waals surface area contributed by atoms with Crippen LogP contribution in [0.2, 0.25) is 0 Å². The molecule has 20 heavy (non-hydrogen) atoms. The van der Waals surface area contributed by atoms with Crippen molar-refractivity contribution in [3.05, 3.63) is 47.5 Å². The fraction of sp³-hybridized carbons (Fsp3) is 0.312. The second-order valence-corrected chi connectivity index (χ2v) is 4.92. The van der Waals surface area contributed by atoms with Gasteiger partial charge in [0.05, 0.1) is 22.5 Å². The monoisotopic (exact) mass is 266 g/mol. The Balaban J connectivity index is 2.32. The van der Waals surface area contributed by atoms with Gasteiger partial charge in [0, 0.05) is 0 Å². The molecular formula is C16H18N4. The zero-order chi connectivity index (χ0) is 14.1. The van der Waals surface area contributed by atoms with E-state index in [4.69, 9.17) is 5.10 Å². The van der Waals surface area contributed by atoms with Gasteiger partial charge in [-0.2, -0.15) is 5.10 Å². The third-order valence-electron chi connectivity index (χ3n) is 3.53. The summed E-state index contributed by atoms with van der Waals surface area (Å²) in [5, 5.41) is 5.85. The van der Waals surface area contributed by atoms with Crippen LogP contribution in [-0.2, 0) is 12.8 Å². The van der Waals surface area contributed by atoms with E-state index in [1.54, 1.807) is 6.33 Å². The van der Waals surface area contributed by atoms with E-state index in [0.29, 0.717) is 0 Å². The summed E-state index contributed by atoms with van der Waals surface area (Å²) in [6.45, 7) is 6.32. The number of benzene rings is 1. The average molecular weight is 266 g/mol. The van der Waals surface area contributed by atoms with Crippen LogP contribution in [0.25, 0.3) is 16.7 Å². The van der Waals surface area contributed by atoms with Gasteiger partial charge in [0.1, 0.15) is 6.33 Å². The van der Waals surface area contributed by atoms with Gasteiger partial charge in [0.25, 0.3) is 0 Å². The summed E-state index contributed by atoms with van der Waals surface area (Å²) in [5.74, 6) is 0. The predicted octanol–water partition coefficient (Wildman–Crippen LogP) is 3.25. The molecule has 3 rings (SSSR count). The quantitative estimate of drug-likeness (QED) is 0.731. The van der Waals surface area contributed by atoms with Gasteiger partial charge in [-0.15, -0.1) is 0 Å². The molecule has 0 saturated carbocycles. The maximum Gasteiger partial charge on any atom is 0.166 e. The van der Waals surface area contributed by atoms with E-state index in [9.17, 15) is 0 Å². The van der Waals surface area contributed by atoms with Crippen LogP contribution in [0.15, 0.2) is 30.6 Å². The normalized spacial score (nSPS) is 11.2. The molecule has 2 heterocycles. The lowest BCUT2D eigenvalue weighted by molar-refractivity contribution is 0.853. The number of nitrogens with zero attached hydrogens (tertiary/aromatic N) is 4. The maximum atomic E-state index is 4.74. The summed E-state index contributed by atoms with van der Waals surface area (Å²) in [7, 11) is 0. The fourth-order valence-corrected chi connectivity index (χ4v) is 2.54. The number of hydrogen-bond acceptors (Lipinski definition) is 3. The second-order valence-electron chi connectivity index (χ2n) is 4.92. The zero-order valence-electron chi connectivity index (χ0n) is 12.1. The SMILES string of the molecule is CCc1ncnc2c1c(CC)nn2-c1cccc(C)c1. The Kier molecular flexibility index (Phi) is 3.22. The van der Waals surface area contributed by atoms with Crippen LogP contribution >= 0.6 is 0 Å². The smallest absolute Gasteiger partial charge is 0.166 e. The minimum absolute atomic E-state index is 0.885. The number of rotatable bonds is 3. The van der Waals surface area contributed by atoms with Crippen LogP contribution in [0.1, 0.15) is 30.8 Å². The predicted molar refractivity (Wildman–Crippen MR) is 80.2 cm³/mol. The summed E-state index contributed by atoms with van der Waals surface area (Å²) in [6.07, 6.45) is 3.41. The fourth-order valence-electron chi connectivity index (χ4n) is 2.54. The molecule has 0 spiro atoms. The number of fused-ring (bicyclic) bond motifs is 1. The molecule has 0 fully saturated rings. The van der Waals surface area contributed by atoms with E-state index < -0.39 is 0 Å². The van der Waals surface area contributed by atoms with Crippen LogP contribution in [0.4, 0.5) is 0 Å². The molecule has 0 unspecified atom stereocenters. The molecule has 2 aromatic heterocycles. The highest BCUT2D eigenvalue weighted by atomic mass is 15.3. The second kappa shape index (κ2) is 5.04. The van der Waals surface area contributed by atoms with Gasteiger partial charge in [-0.25, -0.2) is 14.6 Å². The number of aromatic nitrogens is 4. The molecule has 0 N–H and O–H groups in total. The summed E-state index contributed by atoms with van der Waals surface area (Å²) >= 11 is 0. The zero-order valence-corrected chi connectivity index (χ0v) is 12.1. The van der Waals surface area contributed by atoms with Crippen molar-refractivity contribution in [3.8, 4) is 5.69 Å². The Bertz CT molecular complexity index is 758. The Morgan fingerprint density at radius 2 is 1.85 bits per heavy atom. The average Bonchev–Trinajstić information content (AvgIpc) is 2.86. The Labute approximate surface area is 118 Å². The largest absolute Gasteiger partial charge is 0.241 e. The topological polar surface area (TPSA) is 43.6 Å². The molecule has 3 aromatic rings. The van der Waals surface area contributed by atoms with Gasteiger partial charge >= 0.3 is 0 Å². The Morgan fingerprint density at radius 1 is 1.05 bits per heavy atom. The van der Waals surface area contributed by atoms with Crippen LogP contribution < -0.4 is 0 Å². The Morgan fingerprint density at radius 3 is 2.55 bits per heavy atom. The summed E-state index contributed by atoms with van der Waals surface area (Å²) in [4.78, 5) is 8.85. The van der Waals surface area contributed by atoms with E-state index in [-0.39, 0.29) is 0 Å². The highest BCUT2D eigenvalue weighted by Crippen LogP contribution is 2.23.